The second kappa shape index (κ2) is 5.17. The SMILES string of the molecule is OCc1cccc(OC2CCCCC2)c1. The molecule has 0 bridgehead atoms. The van der Waals surface area contributed by atoms with Crippen molar-refractivity contribution in [3.63, 3.8) is 0 Å². The molecule has 1 aromatic carbocycles. The highest BCUT2D eigenvalue weighted by molar-refractivity contribution is 5.28. The third-order valence-corrected chi connectivity index (χ3v) is 2.94. The summed E-state index contributed by atoms with van der Waals surface area (Å²) in [4.78, 5) is 0. The smallest absolute Gasteiger partial charge is 0.120 e. The molecule has 1 saturated carbocycles. The minimum absolute atomic E-state index is 0.0852. The van der Waals surface area contributed by atoms with Gasteiger partial charge >= 0.3 is 0 Å². The summed E-state index contributed by atoms with van der Waals surface area (Å²) in [6.45, 7) is 0.0852. The first kappa shape index (κ1) is 10.5. The van der Waals surface area contributed by atoms with Gasteiger partial charge in [-0.2, -0.15) is 0 Å². The Bertz CT molecular complexity index is 303. The van der Waals surface area contributed by atoms with Gasteiger partial charge in [0.05, 0.1) is 12.7 Å². The fourth-order valence-electron chi connectivity index (χ4n) is 2.09. The summed E-state index contributed by atoms with van der Waals surface area (Å²) in [5.74, 6) is 0.897. The molecule has 0 saturated heterocycles. The fourth-order valence-corrected chi connectivity index (χ4v) is 2.09. The minimum Gasteiger partial charge on any atom is -0.490 e. The van der Waals surface area contributed by atoms with E-state index in [4.69, 9.17) is 9.84 Å². The largest absolute Gasteiger partial charge is 0.490 e. The molecule has 1 N–H and O–H groups in total. The van der Waals surface area contributed by atoms with Gasteiger partial charge in [-0.3, -0.25) is 0 Å². The topological polar surface area (TPSA) is 29.5 Å². The lowest BCUT2D eigenvalue weighted by atomic mass is 9.98. The predicted octanol–water partition coefficient (Wildman–Crippen LogP) is 2.89. The van der Waals surface area contributed by atoms with Gasteiger partial charge in [-0.15, -0.1) is 0 Å². The summed E-state index contributed by atoms with van der Waals surface area (Å²) in [5, 5.41) is 9.01. The van der Waals surface area contributed by atoms with E-state index >= 15 is 0 Å². The van der Waals surface area contributed by atoms with Crippen LogP contribution in [0, 0.1) is 0 Å². The van der Waals surface area contributed by atoms with Gasteiger partial charge in [0, 0.05) is 0 Å². The van der Waals surface area contributed by atoms with Crippen molar-refractivity contribution in [2.45, 2.75) is 44.8 Å². The van der Waals surface area contributed by atoms with Gasteiger partial charge in [-0.25, -0.2) is 0 Å². The number of aliphatic hydroxyl groups is 1. The molecule has 2 nitrogen and oxygen atoms in total. The highest BCUT2D eigenvalue weighted by Gasteiger charge is 2.14. The summed E-state index contributed by atoms with van der Waals surface area (Å²) in [6.07, 6.45) is 6.63. The second-order valence-electron chi connectivity index (χ2n) is 4.18. The molecule has 0 spiro atoms. The maximum atomic E-state index is 9.01. The van der Waals surface area contributed by atoms with E-state index in [0.29, 0.717) is 6.10 Å². The number of aliphatic hydroxyl groups excluding tert-OH is 1. The van der Waals surface area contributed by atoms with Gasteiger partial charge in [0.1, 0.15) is 5.75 Å². The third-order valence-electron chi connectivity index (χ3n) is 2.94. The molecule has 1 fully saturated rings. The van der Waals surface area contributed by atoms with E-state index in [1.165, 1.54) is 32.1 Å². The highest BCUT2D eigenvalue weighted by atomic mass is 16.5. The lowest BCUT2D eigenvalue weighted by Gasteiger charge is -2.23. The first-order valence-corrected chi connectivity index (χ1v) is 5.75. The first-order valence-electron chi connectivity index (χ1n) is 5.75. The molecule has 0 radical (unpaired) electrons. The quantitative estimate of drug-likeness (QED) is 0.824. The van der Waals surface area contributed by atoms with E-state index < -0.39 is 0 Å². The van der Waals surface area contributed by atoms with Crippen LogP contribution in [0.15, 0.2) is 24.3 Å². The third kappa shape index (κ3) is 2.96. The molecule has 0 amide bonds. The molecule has 2 heteroatoms. The van der Waals surface area contributed by atoms with Crippen LogP contribution in [-0.4, -0.2) is 11.2 Å². The zero-order chi connectivity index (χ0) is 10.5. The summed E-state index contributed by atoms with van der Waals surface area (Å²) in [6, 6.07) is 7.74. The molecule has 1 aromatic rings. The van der Waals surface area contributed by atoms with Crippen LogP contribution in [0.4, 0.5) is 0 Å². The van der Waals surface area contributed by atoms with Gasteiger partial charge in [0.2, 0.25) is 0 Å². The molecule has 1 aliphatic rings. The Morgan fingerprint density at radius 1 is 1.20 bits per heavy atom. The van der Waals surface area contributed by atoms with Crippen LogP contribution in [-0.2, 0) is 6.61 Å². The number of ether oxygens (including phenoxy) is 1. The highest BCUT2D eigenvalue weighted by Crippen LogP contribution is 2.23. The molecule has 2 rings (SSSR count). The zero-order valence-corrected chi connectivity index (χ0v) is 8.98. The maximum absolute atomic E-state index is 9.01. The van der Waals surface area contributed by atoms with Crippen molar-refractivity contribution >= 4 is 0 Å². The van der Waals surface area contributed by atoms with Crippen molar-refractivity contribution in [3.05, 3.63) is 29.8 Å². The molecular weight excluding hydrogens is 188 g/mol. The van der Waals surface area contributed by atoms with Crippen LogP contribution in [0.3, 0.4) is 0 Å². The molecule has 15 heavy (non-hydrogen) atoms. The Hall–Kier alpha value is -1.02. The van der Waals surface area contributed by atoms with Crippen LogP contribution < -0.4 is 4.74 Å². The Morgan fingerprint density at radius 2 is 2.00 bits per heavy atom. The fraction of sp³-hybridized carbons (Fsp3) is 0.538. The van der Waals surface area contributed by atoms with Crippen molar-refractivity contribution in [1.29, 1.82) is 0 Å². The van der Waals surface area contributed by atoms with E-state index in [9.17, 15) is 0 Å². The number of hydrogen-bond donors (Lipinski definition) is 1. The Kier molecular flexibility index (Phi) is 3.62. The summed E-state index contributed by atoms with van der Waals surface area (Å²) in [7, 11) is 0. The molecule has 82 valence electrons. The minimum atomic E-state index is 0.0852. The van der Waals surface area contributed by atoms with Crippen molar-refractivity contribution in [3.8, 4) is 5.75 Å². The van der Waals surface area contributed by atoms with Gasteiger partial charge in [-0.1, -0.05) is 18.6 Å². The van der Waals surface area contributed by atoms with E-state index in [0.717, 1.165) is 11.3 Å². The normalized spacial score (nSPS) is 17.7. The van der Waals surface area contributed by atoms with Gasteiger partial charge in [0.15, 0.2) is 0 Å². The lowest BCUT2D eigenvalue weighted by Crippen LogP contribution is -2.19. The average molecular weight is 206 g/mol. The van der Waals surface area contributed by atoms with E-state index in [1.807, 2.05) is 24.3 Å². The Labute approximate surface area is 90.9 Å². The molecule has 0 unspecified atom stereocenters. The summed E-state index contributed by atoms with van der Waals surface area (Å²) < 4.78 is 5.89. The van der Waals surface area contributed by atoms with E-state index in [-0.39, 0.29) is 6.61 Å². The van der Waals surface area contributed by atoms with E-state index in [2.05, 4.69) is 0 Å². The monoisotopic (exact) mass is 206 g/mol. The number of hydrogen-bond acceptors (Lipinski definition) is 2. The summed E-state index contributed by atoms with van der Waals surface area (Å²) >= 11 is 0. The standard InChI is InChI=1S/C13H18O2/c14-10-11-5-4-8-13(9-11)15-12-6-2-1-3-7-12/h4-5,8-9,12,14H,1-3,6-7,10H2. The lowest BCUT2D eigenvalue weighted by molar-refractivity contribution is 0.154. The molecule has 0 heterocycles. The van der Waals surface area contributed by atoms with Crippen LogP contribution in [0.5, 0.6) is 5.75 Å². The maximum Gasteiger partial charge on any atom is 0.120 e. The molecule has 0 aliphatic heterocycles. The first-order chi connectivity index (χ1) is 7.38. The van der Waals surface area contributed by atoms with Crippen LogP contribution in [0.2, 0.25) is 0 Å². The van der Waals surface area contributed by atoms with E-state index in [1.54, 1.807) is 0 Å². The van der Waals surface area contributed by atoms with Crippen LogP contribution in [0.1, 0.15) is 37.7 Å². The van der Waals surface area contributed by atoms with Gasteiger partial charge in [-0.05, 0) is 43.4 Å². The molecular formula is C13H18O2. The van der Waals surface area contributed by atoms with Gasteiger partial charge in [0.25, 0.3) is 0 Å². The molecule has 0 aromatic heterocycles. The second-order valence-corrected chi connectivity index (χ2v) is 4.18. The number of rotatable bonds is 3. The molecule has 0 atom stereocenters. The van der Waals surface area contributed by atoms with Gasteiger partial charge < -0.3 is 9.84 Å². The zero-order valence-electron chi connectivity index (χ0n) is 8.98. The van der Waals surface area contributed by atoms with Crippen molar-refractivity contribution in [1.82, 2.24) is 0 Å². The summed E-state index contributed by atoms with van der Waals surface area (Å²) in [5.41, 5.74) is 0.920. The Morgan fingerprint density at radius 3 is 2.73 bits per heavy atom. The molecule has 1 aliphatic carbocycles. The van der Waals surface area contributed by atoms with Crippen molar-refractivity contribution < 1.29 is 9.84 Å². The van der Waals surface area contributed by atoms with Crippen molar-refractivity contribution in [2.75, 3.05) is 0 Å². The predicted molar refractivity (Wildman–Crippen MR) is 59.9 cm³/mol. The van der Waals surface area contributed by atoms with Crippen LogP contribution in [0.25, 0.3) is 0 Å². The van der Waals surface area contributed by atoms with Crippen LogP contribution >= 0.6 is 0 Å². The Balaban J connectivity index is 1.96. The average Bonchev–Trinajstić information content (AvgIpc) is 2.31. The van der Waals surface area contributed by atoms with Crippen molar-refractivity contribution in [2.24, 2.45) is 0 Å². The number of benzene rings is 1.